The summed E-state index contributed by atoms with van der Waals surface area (Å²) in [7, 11) is 0. The summed E-state index contributed by atoms with van der Waals surface area (Å²) in [6.07, 6.45) is 0. The molecule has 0 aliphatic rings. The third-order valence-corrected chi connectivity index (χ3v) is 13.5. The molecule has 12 aromatic rings. The molecule has 69 heavy (non-hydrogen) atoms. The quantitative estimate of drug-likeness (QED) is 0.124. The van der Waals surface area contributed by atoms with E-state index in [-0.39, 0.29) is 0 Å². The summed E-state index contributed by atoms with van der Waals surface area (Å²) in [6.45, 7) is 0. The first-order valence-corrected chi connectivity index (χ1v) is 23.7. The van der Waals surface area contributed by atoms with Crippen LogP contribution in [0.3, 0.4) is 0 Å². The molecule has 324 valence electrons. The van der Waals surface area contributed by atoms with Gasteiger partial charge in [0.1, 0.15) is 0 Å². The fourth-order valence-electron chi connectivity index (χ4n) is 10.2. The van der Waals surface area contributed by atoms with E-state index in [1.807, 2.05) is 0 Å². The van der Waals surface area contributed by atoms with Crippen molar-refractivity contribution in [2.45, 2.75) is 0 Å². The van der Waals surface area contributed by atoms with E-state index in [2.05, 4.69) is 290 Å². The minimum atomic E-state index is 1.08. The van der Waals surface area contributed by atoms with Crippen LogP contribution >= 0.6 is 0 Å². The van der Waals surface area contributed by atoms with Crippen molar-refractivity contribution in [2.75, 3.05) is 4.90 Å². The third kappa shape index (κ3) is 7.97. The maximum atomic E-state index is 2.40. The van der Waals surface area contributed by atoms with Crippen LogP contribution in [0, 0.1) is 0 Å². The van der Waals surface area contributed by atoms with Gasteiger partial charge in [0.05, 0.1) is 0 Å². The Labute approximate surface area is 404 Å². The maximum absolute atomic E-state index is 2.40. The molecule has 0 amide bonds. The Morgan fingerprint density at radius 3 is 0.986 bits per heavy atom. The van der Waals surface area contributed by atoms with Gasteiger partial charge in [-0.3, -0.25) is 0 Å². The Bertz CT molecular complexity index is 3700. The second-order valence-electron chi connectivity index (χ2n) is 17.6. The molecule has 0 N–H and O–H groups in total. The van der Waals surface area contributed by atoms with Crippen molar-refractivity contribution in [1.29, 1.82) is 0 Å². The largest absolute Gasteiger partial charge is 0.311 e. The minimum Gasteiger partial charge on any atom is -0.311 e. The van der Waals surface area contributed by atoms with Crippen LogP contribution in [-0.2, 0) is 0 Å². The van der Waals surface area contributed by atoms with E-state index in [0.29, 0.717) is 0 Å². The van der Waals surface area contributed by atoms with E-state index in [4.69, 9.17) is 0 Å². The van der Waals surface area contributed by atoms with Crippen molar-refractivity contribution < 1.29 is 0 Å². The Balaban J connectivity index is 0.968. The van der Waals surface area contributed by atoms with Crippen LogP contribution in [0.1, 0.15) is 0 Å². The van der Waals surface area contributed by atoms with Crippen molar-refractivity contribution in [3.05, 3.63) is 285 Å². The molecule has 0 aromatic heterocycles. The highest BCUT2D eigenvalue weighted by Crippen LogP contribution is 2.47. The van der Waals surface area contributed by atoms with E-state index < -0.39 is 0 Å². The van der Waals surface area contributed by atoms with Gasteiger partial charge in [0, 0.05) is 17.1 Å². The van der Waals surface area contributed by atoms with E-state index in [1.165, 1.54) is 93.9 Å². The predicted octanol–water partition coefficient (Wildman–Crippen LogP) is 19.1. The zero-order valence-electron chi connectivity index (χ0n) is 38.1. The molecule has 0 saturated heterocycles. The average molecular weight is 878 g/mol. The third-order valence-electron chi connectivity index (χ3n) is 13.5. The molecule has 0 fully saturated rings. The molecule has 1 nitrogen and oxygen atoms in total. The van der Waals surface area contributed by atoms with Crippen LogP contribution in [-0.4, -0.2) is 0 Å². The van der Waals surface area contributed by atoms with E-state index in [1.54, 1.807) is 0 Å². The van der Waals surface area contributed by atoms with Gasteiger partial charge in [-0.25, -0.2) is 0 Å². The summed E-state index contributed by atoms with van der Waals surface area (Å²) in [4.78, 5) is 2.37. The summed E-state index contributed by atoms with van der Waals surface area (Å²) >= 11 is 0. The zero-order chi connectivity index (χ0) is 45.9. The van der Waals surface area contributed by atoms with Gasteiger partial charge in [0.15, 0.2) is 0 Å². The number of benzene rings is 12. The molecule has 12 rings (SSSR count). The normalized spacial score (nSPS) is 11.2. The highest BCUT2D eigenvalue weighted by atomic mass is 15.1. The number of rotatable bonds is 10. The van der Waals surface area contributed by atoms with Crippen LogP contribution in [0.25, 0.3) is 99.4 Å². The van der Waals surface area contributed by atoms with Crippen LogP contribution in [0.15, 0.2) is 285 Å². The summed E-state index contributed by atoms with van der Waals surface area (Å²) in [6, 6.07) is 103. The molecule has 0 spiro atoms. The van der Waals surface area contributed by atoms with Crippen molar-refractivity contribution >= 4 is 38.6 Å². The molecule has 1 heteroatoms. The van der Waals surface area contributed by atoms with E-state index in [9.17, 15) is 0 Å². The van der Waals surface area contributed by atoms with Gasteiger partial charge >= 0.3 is 0 Å². The standard InChI is InChI=1S/C68H47N/c1-6-19-48(20-7-1)49-33-40-57(41-34-49)69(59-44-37-52(38-45-59)61-32-18-31-60(51-21-8-2-9-22-51)66(61)53-23-10-3-11-24-53)58-42-35-50(36-43-58)56-39-46-63-62-29-16-17-30-64(62)67(54-25-12-4-13-26-54)68(65(63)47-56)55-27-14-5-15-28-55/h1-47H. The highest BCUT2D eigenvalue weighted by molar-refractivity contribution is 6.22. The lowest BCUT2D eigenvalue weighted by atomic mass is 9.84. The Kier molecular flexibility index (Phi) is 11.0. The summed E-state index contributed by atoms with van der Waals surface area (Å²) < 4.78 is 0. The van der Waals surface area contributed by atoms with Gasteiger partial charge in [-0.1, -0.05) is 243 Å². The zero-order valence-corrected chi connectivity index (χ0v) is 38.1. The Morgan fingerprint density at radius 2 is 0.493 bits per heavy atom. The van der Waals surface area contributed by atoms with Crippen molar-refractivity contribution in [1.82, 2.24) is 0 Å². The first-order chi connectivity index (χ1) is 34.2. The first-order valence-electron chi connectivity index (χ1n) is 23.7. The molecule has 0 atom stereocenters. The molecule has 0 heterocycles. The fraction of sp³-hybridized carbons (Fsp3) is 0. The van der Waals surface area contributed by atoms with Crippen LogP contribution in [0.5, 0.6) is 0 Å². The van der Waals surface area contributed by atoms with Crippen LogP contribution in [0.4, 0.5) is 17.1 Å². The monoisotopic (exact) mass is 877 g/mol. The summed E-state index contributed by atoms with van der Waals surface area (Å²) in [5.41, 5.74) is 20.1. The van der Waals surface area contributed by atoms with E-state index in [0.717, 1.165) is 22.6 Å². The Morgan fingerprint density at radius 1 is 0.174 bits per heavy atom. The number of hydrogen-bond acceptors (Lipinski definition) is 1. The van der Waals surface area contributed by atoms with Gasteiger partial charge in [0.25, 0.3) is 0 Å². The van der Waals surface area contributed by atoms with Gasteiger partial charge in [-0.05, 0) is 142 Å². The molecule has 0 radical (unpaired) electrons. The summed E-state index contributed by atoms with van der Waals surface area (Å²) in [5, 5.41) is 5.01. The van der Waals surface area contributed by atoms with Gasteiger partial charge in [0.2, 0.25) is 0 Å². The molecular weight excluding hydrogens is 831 g/mol. The van der Waals surface area contributed by atoms with Gasteiger partial charge in [-0.2, -0.15) is 0 Å². The predicted molar refractivity (Wildman–Crippen MR) is 294 cm³/mol. The Hall–Kier alpha value is -9.04. The number of nitrogens with zero attached hydrogens (tertiary/aromatic N) is 1. The average Bonchev–Trinajstić information content (AvgIpc) is 3.44. The molecule has 0 aliphatic carbocycles. The lowest BCUT2D eigenvalue weighted by Crippen LogP contribution is -2.09. The second-order valence-corrected chi connectivity index (χ2v) is 17.6. The topological polar surface area (TPSA) is 3.24 Å². The van der Waals surface area contributed by atoms with Crippen LogP contribution in [0.2, 0.25) is 0 Å². The van der Waals surface area contributed by atoms with Crippen molar-refractivity contribution in [3.63, 3.8) is 0 Å². The first kappa shape index (κ1) is 41.4. The molecule has 12 aromatic carbocycles. The second kappa shape index (κ2) is 18.3. The van der Waals surface area contributed by atoms with Crippen molar-refractivity contribution in [2.24, 2.45) is 0 Å². The lowest BCUT2D eigenvalue weighted by Gasteiger charge is -2.26. The SMILES string of the molecule is c1ccc(-c2ccc(N(c3ccc(-c4ccc5c(c4)c(-c4ccccc4)c(-c4ccccc4)c4ccccc45)cc3)c3ccc(-c4cccc(-c5ccccc5)c4-c4ccccc4)cc3)cc2)cc1. The highest BCUT2D eigenvalue weighted by Gasteiger charge is 2.20. The summed E-state index contributed by atoms with van der Waals surface area (Å²) in [5.74, 6) is 0. The lowest BCUT2D eigenvalue weighted by molar-refractivity contribution is 1.28. The number of anilines is 3. The van der Waals surface area contributed by atoms with Crippen LogP contribution < -0.4 is 4.90 Å². The molecule has 0 bridgehead atoms. The molecule has 0 saturated carbocycles. The van der Waals surface area contributed by atoms with Gasteiger partial charge < -0.3 is 4.90 Å². The molecule has 0 unspecified atom stereocenters. The maximum Gasteiger partial charge on any atom is 0.0462 e. The smallest absolute Gasteiger partial charge is 0.0462 e. The van der Waals surface area contributed by atoms with Gasteiger partial charge in [-0.15, -0.1) is 0 Å². The van der Waals surface area contributed by atoms with Crippen molar-refractivity contribution in [3.8, 4) is 77.9 Å². The fourth-order valence-corrected chi connectivity index (χ4v) is 10.2. The minimum absolute atomic E-state index is 1.08. The molecule has 0 aliphatic heterocycles. The van der Waals surface area contributed by atoms with E-state index >= 15 is 0 Å². The number of fused-ring (bicyclic) bond motifs is 3. The molecular formula is C68H47N. The number of hydrogen-bond donors (Lipinski definition) is 0.